The number of hydrogen-bond acceptors (Lipinski definition) is 4. The number of methoxy groups -OCH3 is 1. The van der Waals surface area contributed by atoms with Crippen LogP contribution in [0.4, 0.5) is 0 Å². The Labute approximate surface area is 137 Å². The van der Waals surface area contributed by atoms with E-state index in [0.717, 1.165) is 5.56 Å². The molecule has 0 fully saturated rings. The Balaban J connectivity index is 0.00000225. The van der Waals surface area contributed by atoms with Crippen molar-refractivity contribution in [1.82, 2.24) is 0 Å². The van der Waals surface area contributed by atoms with Gasteiger partial charge in [-0.25, -0.2) is 0 Å². The molecule has 1 aromatic rings. The van der Waals surface area contributed by atoms with Gasteiger partial charge in [-0.15, -0.1) is 0 Å². The van der Waals surface area contributed by atoms with Gasteiger partial charge in [-0.3, -0.25) is 0 Å². The van der Waals surface area contributed by atoms with Crippen LogP contribution in [-0.2, 0) is 4.79 Å². The van der Waals surface area contributed by atoms with Gasteiger partial charge in [-0.05, 0) is 42.7 Å². The van der Waals surface area contributed by atoms with Crippen LogP contribution in [0, 0.1) is 13.8 Å². The standard InChI is InChI=1S/C11H14O4.K/c1-6-5-9(15-3)7(2)4-8(6)10(12)11(13)14;/h4-5,10,12H,1-3H3,(H,13,14);/q;+1/p-1. The minimum Gasteiger partial charge on any atom is -0.547 e. The molecule has 0 aliphatic rings. The molecule has 0 aliphatic heterocycles. The quantitative estimate of drug-likeness (QED) is 0.583. The van der Waals surface area contributed by atoms with Gasteiger partial charge in [0.1, 0.15) is 11.9 Å². The van der Waals surface area contributed by atoms with E-state index >= 15 is 0 Å². The maximum Gasteiger partial charge on any atom is 1.00 e. The molecule has 4 nitrogen and oxygen atoms in total. The topological polar surface area (TPSA) is 69.6 Å². The van der Waals surface area contributed by atoms with Crippen molar-refractivity contribution in [3.8, 4) is 5.75 Å². The summed E-state index contributed by atoms with van der Waals surface area (Å²) in [5, 5.41) is 19.9. The van der Waals surface area contributed by atoms with Crippen LogP contribution in [0.1, 0.15) is 22.8 Å². The molecule has 1 atom stereocenters. The molecule has 16 heavy (non-hydrogen) atoms. The van der Waals surface area contributed by atoms with Crippen molar-refractivity contribution in [2.45, 2.75) is 20.0 Å². The predicted octanol–water partition coefficient (Wildman–Crippen LogP) is -2.90. The number of aryl methyl sites for hydroxylation is 2. The third-order valence-electron chi connectivity index (χ3n) is 2.30. The van der Waals surface area contributed by atoms with E-state index in [1.165, 1.54) is 7.11 Å². The Morgan fingerprint density at radius 3 is 2.38 bits per heavy atom. The summed E-state index contributed by atoms with van der Waals surface area (Å²) in [4.78, 5) is 10.5. The molecule has 1 unspecified atom stereocenters. The van der Waals surface area contributed by atoms with Gasteiger partial charge < -0.3 is 19.7 Å². The maximum atomic E-state index is 10.5. The summed E-state index contributed by atoms with van der Waals surface area (Å²) >= 11 is 0. The van der Waals surface area contributed by atoms with Crippen molar-refractivity contribution in [2.75, 3.05) is 7.11 Å². The third kappa shape index (κ3) is 3.54. The molecule has 5 heteroatoms. The Kier molecular flexibility index (Phi) is 6.77. The van der Waals surface area contributed by atoms with Crippen molar-refractivity contribution in [3.63, 3.8) is 0 Å². The van der Waals surface area contributed by atoms with Crippen LogP contribution in [0.25, 0.3) is 0 Å². The van der Waals surface area contributed by atoms with Crippen LogP contribution in [0.5, 0.6) is 5.75 Å². The van der Waals surface area contributed by atoms with E-state index in [1.54, 1.807) is 26.0 Å². The number of carbonyl (C=O) groups excluding carboxylic acids is 1. The molecule has 1 rings (SSSR count). The number of aliphatic hydroxyl groups is 1. The zero-order valence-corrected chi connectivity index (χ0v) is 13.0. The summed E-state index contributed by atoms with van der Waals surface area (Å²) in [6.45, 7) is 3.49. The molecule has 0 aromatic heterocycles. The molecular weight excluding hydrogens is 235 g/mol. The number of aliphatic hydroxyl groups excluding tert-OH is 1. The number of aliphatic carboxylic acids is 1. The molecule has 0 bridgehead atoms. The molecule has 0 spiro atoms. The minimum absolute atomic E-state index is 0. The fourth-order valence-electron chi connectivity index (χ4n) is 1.45. The number of carboxylic acid groups (broad SMARTS) is 1. The summed E-state index contributed by atoms with van der Waals surface area (Å²) < 4.78 is 5.08. The summed E-state index contributed by atoms with van der Waals surface area (Å²) in [5.41, 5.74) is 1.78. The molecule has 0 amide bonds. The van der Waals surface area contributed by atoms with Crippen LogP contribution in [0.15, 0.2) is 12.1 Å². The van der Waals surface area contributed by atoms with Crippen molar-refractivity contribution in [1.29, 1.82) is 0 Å². The first-order valence-electron chi connectivity index (χ1n) is 4.51. The Morgan fingerprint density at radius 1 is 1.38 bits per heavy atom. The molecule has 0 heterocycles. The predicted molar refractivity (Wildman–Crippen MR) is 52.4 cm³/mol. The van der Waals surface area contributed by atoms with Crippen LogP contribution in [0.3, 0.4) is 0 Å². The molecule has 0 aliphatic carbocycles. The first-order chi connectivity index (χ1) is 6.97. The van der Waals surface area contributed by atoms with E-state index in [1.807, 2.05) is 0 Å². The van der Waals surface area contributed by atoms with Crippen LogP contribution in [0.2, 0.25) is 0 Å². The Morgan fingerprint density at radius 2 is 1.94 bits per heavy atom. The number of rotatable bonds is 3. The summed E-state index contributed by atoms with van der Waals surface area (Å²) in [5.74, 6) is -0.829. The number of hydrogen-bond donors (Lipinski definition) is 1. The van der Waals surface area contributed by atoms with Crippen LogP contribution in [-0.4, -0.2) is 18.2 Å². The Hall–Kier alpha value is 0.0864. The second-order valence-corrected chi connectivity index (χ2v) is 3.40. The molecule has 0 saturated carbocycles. The monoisotopic (exact) mass is 248 g/mol. The van der Waals surface area contributed by atoms with Crippen LogP contribution >= 0.6 is 0 Å². The first kappa shape index (κ1) is 16.1. The normalized spacial score (nSPS) is 11.5. The van der Waals surface area contributed by atoms with E-state index < -0.39 is 12.1 Å². The van der Waals surface area contributed by atoms with Crippen LogP contribution < -0.4 is 61.2 Å². The molecule has 82 valence electrons. The van der Waals surface area contributed by atoms with Gasteiger partial charge >= 0.3 is 51.4 Å². The fraction of sp³-hybridized carbons (Fsp3) is 0.364. The molecule has 1 aromatic carbocycles. The molecule has 0 radical (unpaired) electrons. The number of carboxylic acids is 1. The molecule has 0 saturated heterocycles. The smallest absolute Gasteiger partial charge is 0.547 e. The van der Waals surface area contributed by atoms with E-state index in [-0.39, 0.29) is 51.4 Å². The summed E-state index contributed by atoms with van der Waals surface area (Å²) in [6.07, 6.45) is -1.59. The van der Waals surface area contributed by atoms with Crippen molar-refractivity contribution >= 4 is 5.97 Å². The second-order valence-electron chi connectivity index (χ2n) is 3.40. The van der Waals surface area contributed by atoms with Gasteiger partial charge in [-0.2, -0.15) is 0 Å². The minimum atomic E-state index is -1.59. The largest absolute Gasteiger partial charge is 1.00 e. The van der Waals surface area contributed by atoms with Gasteiger partial charge in [0.2, 0.25) is 0 Å². The zero-order valence-electron chi connectivity index (χ0n) is 9.90. The van der Waals surface area contributed by atoms with E-state index in [0.29, 0.717) is 16.9 Å². The second kappa shape index (κ2) is 6.73. The van der Waals surface area contributed by atoms with E-state index in [4.69, 9.17) is 4.74 Å². The van der Waals surface area contributed by atoms with E-state index in [9.17, 15) is 15.0 Å². The van der Waals surface area contributed by atoms with Crippen molar-refractivity contribution < 1.29 is 71.1 Å². The number of benzene rings is 1. The van der Waals surface area contributed by atoms with Crippen molar-refractivity contribution in [2.24, 2.45) is 0 Å². The number of carbonyl (C=O) groups is 1. The first-order valence-corrected chi connectivity index (χ1v) is 4.51. The fourth-order valence-corrected chi connectivity index (χ4v) is 1.45. The average molecular weight is 248 g/mol. The van der Waals surface area contributed by atoms with Gasteiger partial charge in [-0.1, -0.05) is 0 Å². The molecular formula is C11H13KO4. The average Bonchev–Trinajstić information content (AvgIpc) is 2.19. The SMILES string of the molecule is COc1cc(C)c(C(O)C(=O)[O-])cc1C.[K+]. The maximum absolute atomic E-state index is 10.5. The molecule has 1 N–H and O–H groups in total. The number of ether oxygens (including phenoxy) is 1. The van der Waals surface area contributed by atoms with Gasteiger partial charge in [0, 0.05) is 0 Å². The third-order valence-corrected chi connectivity index (χ3v) is 2.30. The van der Waals surface area contributed by atoms with Gasteiger partial charge in [0.05, 0.1) is 13.1 Å². The van der Waals surface area contributed by atoms with Crippen molar-refractivity contribution in [3.05, 3.63) is 28.8 Å². The summed E-state index contributed by atoms with van der Waals surface area (Å²) in [6, 6.07) is 3.28. The van der Waals surface area contributed by atoms with Gasteiger partial charge in [0.25, 0.3) is 0 Å². The summed E-state index contributed by atoms with van der Waals surface area (Å²) in [7, 11) is 1.54. The zero-order chi connectivity index (χ0) is 11.6. The Bertz CT molecular complexity index is 390. The van der Waals surface area contributed by atoms with Gasteiger partial charge in [0.15, 0.2) is 0 Å². The van der Waals surface area contributed by atoms with E-state index in [2.05, 4.69) is 0 Å².